The zero-order valence-electron chi connectivity index (χ0n) is 14.9. The topological polar surface area (TPSA) is 55.1 Å². The summed E-state index contributed by atoms with van der Waals surface area (Å²) in [6.07, 6.45) is 1.08. The van der Waals surface area contributed by atoms with Crippen molar-refractivity contribution in [2.75, 3.05) is 5.75 Å². The van der Waals surface area contributed by atoms with Crippen molar-refractivity contribution < 1.29 is 9.21 Å². The predicted octanol–water partition coefficient (Wildman–Crippen LogP) is 5.20. The Balaban J connectivity index is 1.48. The van der Waals surface area contributed by atoms with Gasteiger partial charge < -0.3 is 9.73 Å². The van der Waals surface area contributed by atoms with Crippen molar-refractivity contribution in [3.8, 4) is 11.5 Å². The number of fused-ring (bicyclic) bond motifs is 1. The lowest BCUT2D eigenvalue weighted by atomic mass is 10.0. The molecule has 0 bridgehead atoms. The maximum absolute atomic E-state index is 12.6. The maximum atomic E-state index is 12.6. The van der Waals surface area contributed by atoms with E-state index in [4.69, 9.17) is 16.0 Å². The van der Waals surface area contributed by atoms with Crippen LogP contribution in [0.25, 0.3) is 11.5 Å². The summed E-state index contributed by atoms with van der Waals surface area (Å²) in [5, 5.41) is 3.82. The second kappa shape index (κ2) is 7.79. The number of hydrogen-bond donors (Lipinski definition) is 1. The standard InChI is InChI=1S/C21H19ClN2O2S/c1-13-18(24-21(26-13)14-5-3-2-4-6-14)12-20(25)23-17-9-10-27-19-8-7-15(22)11-16(17)19/h2-8,11,17H,9-10,12H2,1H3,(H,23,25)/t17-/m1/s1. The minimum atomic E-state index is -0.0613. The highest BCUT2D eigenvalue weighted by Crippen LogP contribution is 2.37. The number of benzene rings is 2. The first kappa shape index (κ1) is 18.1. The number of carbonyl (C=O) groups excluding carboxylic acids is 1. The van der Waals surface area contributed by atoms with Gasteiger partial charge in [0.05, 0.1) is 18.2 Å². The number of aromatic nitrogens is 1. The Labute approximate surface area is 167 Å². The third-order valence-corrected chi connectivity index (χ3v) is 5.95. The Kier molecular flexibility index (Phi) is 5.23. The van der Waals surface area contributed by atoms with Crippen molar-refractivity contribution in [2.24, 2.45) is 0 Å². The lowest BCUT2D eigenvalue weighted by molar-refractivity contribution is -0.121. The highest BCUT2D eigenvalue weighted by molar-refractivity contribution is 7.99. The second-order valence-corrected chi connectivity index (χ2v) is 8.08. The molecule has 0 aliphatic carbocycles. The summed E-state index contributed by atoms with van der Waals surface area (Å²) < 4.78 is 5.75. The van der Waals surface area contributed by atoms with E-state index in [0.717, 1.165) is 23.3 Å². The Morgan fingerprint density at radius 1 is 1.30 bits per heavy atom. The number of halogens is 1. The molecule has 0 saturated heterocycles. The van der Waals surface area contributed by atoms with Crippen LogP contribution in [-0.2, 0) is 11.2 Å². The fourth-order valence-corrected chi connectivity index (χ4v) is 4.50. The fourth-order valence-electron chi connectivity index (χ4n) is 3.21. The molecule has 138 valence electrons. The molecule has 1 amide bonds. The zero-order valence-corrected chi connectivity index (χ0v) is 16.4. The summed E-state index contributed by atoms with van der Waals surface area (Å²) >= 11 is 7.94. The van der Waals surface area contributed by atoms with Crippen LogP contribution in [0.2, 0.25) is 5.02 Å². The van der Waals surface area contributed by atoms with Gasteiger partial charge in [0.15, 0.2) is 0 Å². The smallest absolute Gasteiger partial charge is 0.226 e. The molecule has 4 nitrogen and oxygen atoms in total. The number of oxazole rings is 1. The van der Waals surface area contributed by atoms with Crippen molar-refractivity contribution in [2.45, 2.75) is 30.7 Å². The van der Waals surface area contributed by atoms with Gasteiger partial charge in [-0.2, -0.15) is 0 Å². The summed E-state index contributed by atoms with van der Waals surface area (Å²) in [5.41, 5.74) is 2.66. The molecular formula is C21H19ClN2O2S. The van der Waals surface area contributed by atoms with E-state index in [2.05, 4.69) is 10.3 Å². The Morgan fingerprint density at radius 3 is 2.93 bits per heavy atom. The average molecular weight is 399 g/mol. The van der Waals surface area contributed by atoms with Gasteiger partial charge in [-0.15, -0.1) is 11.8 Å². The number of rotatable bonds is 4. The first-order valence-electron chi connectivity index (χ1n) is 8.83. The SMILES string of the molecule is Cc1oc(-c2ccccc2)nc1CC(=O)N[C@@H]1CCSc2ccc(Cl)cc21. The van der Waals surface area contributed by atoms with Crippen LogP contribution >= 0.6 is 23.4 Å². The van der Waals surface area contributed by atoms with Gasteiger partial charge >= 0.3 is 0 Å². The summed E-state index contributed by atoms with van der Waals surface area (Å²) in [5.74, 6) is 2.13. The van der Waals surface area contributed by atoms with Crippen molar-refractivity contribution in [1.29, 1.82) is 0 Å². The molecule has 3 aromatic rings. The summed E-state index contributed by atoms with van der Waals surface area (Å²) in [6, 6.07) is 15.5. The van der Waals surface area contributed by atoms with Crippen LogP contribution in [0, 0.1) is 6.92 Å². The highest BCUT2D eigenvalue weighted by atomic mass is 35.5. The van der Waals surface area contributed by atoms with Gasteiger partial charge in [-0.25, -0.2) is 4.98 Å². The molecule has 0 fully saturated rings. The fraction of sp³-hybridized carbons (Fsp3) is 0.238. The van der Waals surface area contributed by atoms with Crippen LogP contribution in [0.3, 0.4) is 0 Å². The predicted molar refractivity (Wildman–Crippen MR) is 108 cm³/mol. The Morgan fingerprint density at radius 2 is 2.11 bits per heavy atom. The summed E-state index contributed by atoms with van der Waals surface area (Å²) in [4.78, 5) is 18.3. The van der Waals surface area contributed by atoms with Gasteiger partial charge in [0.2, 0.25) is 11.8 Å². The first-order valence-corrected chi connectivity index (χ1v) is 10.2. The molecular weight excluding hydrogens is 380 g/mol. The molecule has 0 saturated carbocycles. The normalized spacial score (nSPS) is 16.0. The van der Waals surface area contributed by atoms with Crippen LogP contribution in [0.5, 0.6) is 0 Å². The molecule has 1 aromatic heterocycles. The third-order valence-electron chi connectivity index (χ3n) is 4.59. The molecule has 0 radical (unpaired) electrons. The molecule has 1 N–H and O–H groups in total. The number of nitrogens with zero attached hydrogens (tertiary/aromatic N) is 1. The minimum absolute atomic E-state index is 0.0201. The van der Waals surface area contributed by atoms with Crippen LogP contribution in [0.15, 0.2) is 57.8 Å². The van der Waals surface area contributed by atoms with Gasteiger partial charge in [-0.1, -0.05) is 29.8 Å². The van der Waals surface area contributed by atoms with Crippen LogP contribution in [-0.4, -0.2) is 16.6 Å². The Hall–Kier alpha value is -2.24. The van der Waals surface area contributed by atoms with Gasteiger partial charge in [-0.3, -0.25) is 4.79 Å². The average Bonchev–Trinajstić information content (AvgIpc) is 3.03. The van der Waals surface area contributed by atoms with E-state index in [0.29, 0.717) is 22.4 Å². The number of carbonyl (C=O) groups is 1. The molecule has 0 spiro atoms. The minimum Gasteiger partial charge on any atom is -0.441 e. The van der Waals surface area contributed by atoms with E-state index in [1.807, 2.05) is 55.5 Å². The van der Waals surface area contributed by atoms with Gasteiger partial charge in [0.1, 0.15) is 5.76 Å². The van der Waals surface area contributed by atoms with Crippen LogP contribution < -0.4 is 5.32 Å². The molecule has 1 aliphatic rings. The molecule has 6 heteroatoms. The third kappa shape index (κ3) is 4.04. The highest BCUT2D eigenvalue weighted by Gasteiger charge is 2.23. The number of nitrogens with one attached hydrogen (secondary N) is 1. The molecule has 1 atom stereocenters. The van der Waals surface area contributed by atoms with Crippen molar-refractivity contribution in [1.82, 2.24) is 10.3 Å². The van der Waals surface area contributed by atoms with E-state index in [1.165, 1.54) is 4.90 Å². The lowest BCUT2D eigenvalue weighted by Gasteiger charge is -2.26. The molecule has 1 aliphatic heterocycles. The quantitative estimate of drug-likeness (QED) is 0.656. The van der Waals surface area contributed by atoms with E-state index >= 15 is 0 Å². The summed E-state index contributed by atoms with van der Waals surface area (Å²) in [7, 11) is 0. The molecule has 2 heterocycles. The second-order valence-electron chi connectivity index (χ2n) is 6.50. The number of thioether (sulfide) groups is 1. The van der Waals surface area contributed by atoms with E-state index in [9.17, 15) is 4.79 Å². The van der Waals surface area contributed by atoms with E-state index < -0.39 is 0 Å². The lowest BCUT2D eigenvalue weighted by Crippen LogP contribution is -2.32. The van der Waals surface area contributed by atoms with Crippen molar-refractivity contribution >= 4 is 29.3 Å². The molecule has 0 unspecified atom stereocenters. The van der Waals surface area contributed by atoms with Gasteiger partial charge in [-0.05, 0) is 49.2 Å². The van der Waals surface area contributed by atoms with Crippen molar-refractivity contribution in [3.05, 3.63) is 70.6 Å². The van der Waals surface area contributed by atoms with E-state index in [-0.39, 0.29) is 18.4 Å². The number of hydrogen-bond acceptors (Lipinski definition) is 4. The van der Waals surface area contributed by atoms with Gasteiger partial charge in [0.25, 0.3) is 0 Å². The first-order chi connectivity index (χ1) is 13.1. The maximum Gasteiger partial charge on any atom is 0.226 e. The van der Waals surface area contributed by atoms with Gasteiger partial charge in [0, 0.05) is 21.2 Å². The number of aryl methyl sites for hydroxylation is 1. The molecule has 4 rings (SSSR count). The summed E-state index contributed by atoms with van der Waals surface area (Å²) in [6.45, 7) is 1.84. The van der Waals surface area contributed by atoms with E-state index in [1.54, 1.807) is 11.8 Å². The molecule has 27 heavy (non-hydrogen) atoms. The van der Waals surface area contributed by atoms with Crippen LogP contribution in [0.1, 0.15) is 29.5 Å². The molecule has 2 aromatic carbocycles. The van der Waals surface area contributed by atoms with Crippen molar-refractivity contribution in [3.63, 3.8) is 0 Å². The monoisotopic (exact) mass is 398 g/mol. The zero-order chi connectivity index (χ0) is 18.8. The Bertz CT molecular complexity index is 972. The number of amides is 1. The largest absolute Gasteiger partial charge is 0.441 e. The van der Waals surface area contributed by atoms with Crippen LogP contribution in [0.4, 0.5) is 0 Å².